The summed E-state index contributed by atoms with van der Waals surface area (Å²) in [6.45, 7) is 0. The zero-order chi connectivity index (χ0) is 46.5. The van der Waals surface area contributed by atoms with Crippen molar-refractivity contribution < 1.29 is 25.0 Å². The van der Waals surface area contributed by atoms with Gasteiger partial charge in [-0.3, -0.25) is 0 Å². The van der Waals surface area contributed by atoms with Gasteiger partial charge in [-0.1, -0.05) is 176 Å². The Balaban J connectivity index is 1.44. The third kappa shape index (κ3) is 4.09. The summed E-state index contributed by atoms with van der Waals surface area (Å²) in [6.07, 6.45) is 0. The van der Waals surface area contributed by atoms with E-state index in [1.54, 1.807) is 6.07 Å². The molecule has 0 aliphatic carbocycles. The number of benzene rings is 10. The van der Waals surface area contributed by atoms with Crippen LogP contribution in [0.3, 0.4) is 0 Å². The molecule has 0 saturated heterocycles. The Hall–Kier alpha value is -6.70. The van der Waals surface area contributed by atoms with Gasteiger partial charge in [0.05, 0.1) is 20.6 Å². The monoisotopic (exact) mass is 661 g/mol. The summed E-state index contributed by atoms with van der Waals surface area (Å²) in [4.78, 5) is 0. The fraction of sp³-hybridized carbons (Fsp3) is 0. The highest BCUT2D eigenvalue weighted by molar-refractivity contribution is 6.28. The van der Waals surface area contributed by atoms with E-state index in [4.69, 9.17) is 18.1 Å². The fourth-order valence-corrected chi connectivity index (χ4v) is 7.67. The van der Waals surface area contributed by atoms with Gasteiger partial charge in [-0.15, -0.1) is 0 Å². The third-order valence-corrected chi connectivity index (χ3v) is 9.79. The van der Waals surface area contributed by atoms with E-state index in [-0.39, 0.29) is 32.7 Å². The molecule has 1 heteroatoms. The van der Waals surface area contributed by atoms with E-state index in [0.29, 0.717) is 38.6 Å². The molecule has 0 bridgehead atoms. The van der Waals surface area contributed by atoms with E-state index < -0.39 is 107 Å². The van der Waals surface area contributed by atoms with Crippen molar-refractivity contribution in [1.29, 1.82) is 0 Å². The lowest BCUT2D eigenvalue weighted by Crippen LogP contribution is -1.94. The lowest BCUT2D eigenvalue weighted by molar-refractivity contribution is 0.670. The molecule has 1 aromatic heterocycles. The van der Waals surface area contributed by atoms with Crippen molar-refractivity contribution in [2.45, 2.75) is 0 Å². The molecule has 11 aromatic rings. The second-order valence-electron chi connectivity index (χ2n) is 12.4. The number of hydrogen-bond donors (Lipinski definition) is 0. The minimum atomic E-state index is -0.766. The van der Waals surface area contributed by atoms with E-state index in [1.807, 2.05) is 84.9 Å². The van der Waals surface area contributed by atoms with E-state index in [0.717, 1.165) is 21.5 Å². The number of fused-ring (bicyclic) bond motifs is 9. The van der Waals surface area contributed by atoms with Crippen molar-refractivity contribution in [2.24, 2.45) is 0 Å². The molecule has 1 nitrogen and oxygen atoms in total. The van der Waals surface area contributed by atoms with Crippen molar-refractivity contribution in [3.8, 4) is 33.4 Å². The zero-order valence-electron chi connectivity index (χ0n) is 41.6. The van der Waals surface area contributed by atoms with Crippen LogP contribution in [-0.4, -0.2) is 0 Å². The van der Waals surface area contributed by atoms with Gasteiger partial charge < -0.3 is 4.42 Å². The van der Waals surface area contributed by atoms with Crippen LogP contribution in [-0.2, 0) is 0 Å². The van der Waals surface area contributed by atoms with Crippen LogP contribution in [0.25, 0.3) is 109 Å². The minimum absolute atomic E-state index is 0.00839. The maximum atomic E-state index is 9.73. The van der Waals surface area contributed by atoms with Crippen LogP contribution in [0, 0.1) is 0 Å². The molecule has 0 N–H and O–H groups in total. The summed E-state index contributed by atoms with van der Waals surface area (Å²) >= 11 is 0. The molecule has 0 amide bonds. The predicted octanol–water partition coefficient (Wildman–Crippen LogP) is 14.4. The Bertz CT molecular complexity index is 3970. The molecule has 51 heavy (non-hydrogen) atoms. The lowest BCUT2D eigenvalue weighted by Gasteiger charge is -2.22. The largest absolute Gasteiger partial charge is 0.455 e. The first-order valence-corrected chi connectivity index (χ1v) is 16.4. The van der Waals surface area contributed by atoms with E-state index in [9.17, 15) is 6.85 Å². The van der Waals surface area contributed by atoms with Crippen LogP contribution in [0.2, 0.25) is 0 Å². The van der Waals surface area contributed by atoms with Gasteiger partial charge in [-0.05, 0) is 87.7 Å². The number of rotatable bonds is 3. The Kier molecular flexibility index (Phi) is 3.70. The van der Waals surface area contributed by atoms with Gasteiger partial charge in [0.2, 0.25) is 0 Å². The molecule has 236 valence electrons. The predicted molar refractivity (Wildman–Crippen MR) is 218 cm³/mol. The first kappa shape index (κ1) is 17.3. The molecule has 11 rings (SSSR count). The van der Waals surface area contributed by atoms with Gasteiger partial charge in [-0.2, -0.15) is 0 Å². The average molecular weight is 662 g/mol. The zero-order valence-corrected chi connectivity index (χ0v) is 26.6. The Morgan fingerprint density at radius 2 is 0.922 bits per heavy atom. The smallest absolute Gasteiger partial charge is 0.143 e. The Labute approximate surface area is 315 Å². The van der Waals surface area contributed by atoms with Gasteiger partial charge in [-0.25, -0.2) is 0 Å². The first-order valence-electron chi connectivity index (χ1n) is 23.9. The molecule has 0 aliphatic heterocycles. The molecule has 0 radical (unpaired) electrons. The molecule has 0 atom stereocenters. The quantitative estimate of drug-likeness (QED) is 0.172. The van der Waals surface area contributed by atoms with Crippen molar-refractivity contribution in [1.82, 2.24) is 0 Å². The highest BCUT2D eigenvalue weighted by Gasteiger charge is 2.23. The molecule has 0 spiro atoms. The molecular formula is C50H30O. The van der Waals surface area contributed by atoms with Crippen molar-refractivity contribution in [2.75, 3.05) is 0 Å². The van der Waals surface area contributed by atoms with E-state index >= 15 is 0 Å². The summed E-state index contributed by atoms with van der Waals surface area (Å²) in [6, 6.07) is 18.1. The van der Waals surface area contributed by atoms with E-state index in [1.165, 1.54) is 0 Å². The second-order valence-corrected chi connectivity index (χ2v) is 12.4. The summed E-state index contributed by atoms with van der Waals surface area (Å²) in [5.41, 5.74) is 1.69. The second kappa shape index (κ2) is 10.9. The topological polar surface area (TPSA) is 13.1 Å². The fourth-order valence-electron chi connectivity index (χ4n) is 7.67. The van der Waals surface area contributed by atoms with Crippen LogP contribution in [0.15, 0.2) is 186 Å². The van der Waals surface area contributed by atoms with Crippen LogP contribution < -0.4 is 0 Å². The molecule has 10 aromatic carbocycles. The highest BCUT2D eigenvalue weighted by atomic mass is 16.3. The van der Waals surface area contributed by atoms with Gasteiger partial charge in [0.15, 0.2) is 0 Å². The summed E-state index contributed by atoms with van der Waals surface area (Å²) in [7, 11) is 0. The maximum absolute atomic E-state index is 9.73. The van der Waals surface area contributed by atoms with Gasteiger partial charge in [0, 0.05) is 16.3 Å². The van der Waals surface area contributed by atoms with Crippen molar-refractivity contribution >= 4 is 75.8 Å². The molecular weight excluding hydrogens is 617 g/mol. The van der Waals surface area contributed by atoms with Crippen LogP contribution in [0.4, 0.5) is 0 Å². The molecule has 0 saturated carbocycles. The van der Waals surface area contributed by atoms with Crippen molar-refractivity contribution in [3.63, 3.8) is 0 Å². The molecule has 0 fully saturated rings. The summed E-state index contributed by atoms with van der Waals surface area (Å²) < 4.78 is 144. The molecule has 0 aliphatic rings. The first-order chi connectivity index (χ1) is 31.6. The van der Waals surface area contributed by atoms with Crippen molar-refractivity contribution in [3.05, 3.63) is 182 Å². The molecule has 0 unspecified atom stereocenters. The van der Waals surface area contributed by atoms with Crippen LogP contribution in [0.1, 0.15) is 20.6 Å². The Morgan fingerprint density at radius 3 is 1.69 bits per heavy atom. The van der Waals surface area contributed by atoms with Gasteiger partial charge in [0.25, 0.3) is 0 Å². The maximum Gasteiger partial charge on any atom is 0.143 e. The molecule has 1 heterocycles. The highest BCUT2D eigenvalue weighted by Crippen LogP contribution is 2.50. The third-order valence-electron chi connectivity index (χ3n) is 9.79. The van der Waals surface area contributed by atoms with Crippen LogP contribution in [0.5, 0.6) is 0 Å². The average Bonchev–Trinajstić information content (AvgIpc) is 3.72. The van der Waals surface area contributed by atoms with Gasteiger partial charge in [0.1, 0.15) is 11.2 Å². The Morgan fingerprint density at radius 1 is 0.333 bits per heavy atom. The SMILES string of the molecule is [2H]c1c([2H])c([2H])c2c(-c3c4c([2H])c([2H])c([2H])c([2H])c4c(-c4c(-c5cccc6c5oc5ccc7ccccc7c56)ccc5ccccc45)c4c([2H])c([2H])c([2H])c([2H])c34)c([2H])c([2H])c([2H])c2c1[2H]. The minimum Gasteiger partial charge on any atom is -0.455 e. The number of furan rings is 1. The summed E-state index contributed by atoms with van der Waals surface area (Å²) in [5, 5.41) is 2.96. The number of para-hydroxylation sites is 1. The standard InChI is InChI=1S/C50H30O/c1-4-17-34-31(13-1)16-11-24-37(34)46-38-20-7-9-22-40(38)49(41-23-10-8-21-39(41)46)48-36-19-6-3-14-32(36)27-29-42(48)43-25-12-26-44-47-35-18-5-2-15-33(35)28-30-45(47)51-50(43)44/h1-30H/i1D,4D,7D,8D,9D,10D,11D,13D,16D,17D,20D,21D,22D,23D,24D. The van der Waals surface area contributed by atoms with Crippen LogP contribution >= 0.6 is 0 Å². The lowest BCUT2D eigenvalue weighted by atomic mass is 9.81. The summed E-state index contributed by atoms with van der Waals surface area (Å²) in [5.74, 6) is 0. The van der Waals surface area contributed by atoms with Gasteiger partial charge >= 0.3 is 0 Å². The number of hydrogen-bond acceptors (Lipinski definition) is 1. The van der Waals surface area contributed by atoms with E-state index in [2.05, 4.69) is 0 Å². The normalized spacial score (nSPS) is 16.0.